The van der Waals surface area contributed by atoms with Crippen LogP contribution in [-0.2, 0) is 6.54 Å². The minimum Gasteiger partial charge on any atom is -0.366 e. The third-order valence-electron chi connectivity index (χ3n) is 6.84. The Morgan fingerprint density at radius 3 is 2.28 bits per heavy atom. The number of amides is 2. The molecule has 39 heavy (non-hydrogen) atoms. The number of aromatic nitrogens is 3. The molecule has 0 bridgehead atoms. The van der Waals surface area contributed by atoms with Gasteiger partial charge in [-0.3, -0.25) is 24.4 Å². The van der Waals surface area contributed by atoms with E-state index in [4.69, 9.17) is 5.73 Å². The van der Waals surface area contributed by atoms with Gasteiger partial charge in [0.15, 0.2) is 5.43 Å². The largest absolute Gasteiger partial charge is 0.366 e. The Morgan fingerprint density at radius 2 is 1.67 bits per heavy atom. The molecular formula is C31H33N5O3. The van der Waals surface area contributed by atoms with Gasteiger partial charge in [-0.05, 0) is 62.1 Å². The first-order valence-corrected chi connectivity index (χ1v) is 13.1. The second-order valence-electron chi connectivity index (χ2n) is 9.65. The molecule has 1 aliphatic rings. The first-order chi connectivity index (χ1) is 18.9. The van der Waals surface area contributed by atoms with E-state index in [0.29, 0.717) is 22.9 Å². The van der Waals surface area contributed by atoms with Crippen LogP contribution in [0.3, 0.4) is 0 Å². The number of aryl methyl sites for hydroxylation is 1. The van der Waals surface area contributed by atoms with Crippen molar-refractivity contribution in [2.45, 2.75) is 45.6 Å². The molecule has 8 heteroatoms. The Hall–Kier alpha value is -4.59. The Kier molecular flexibility index (Phi) is 9.34. The summed E-state index contributed by atoms with van der Waals surface area (Å²) in [6.45, 7) is 2.77. The summed E-state index contributed by atoms with van der Waals surface area (Å²) in [5.74, 6) is -0.260. The molecule has 1 aromatic carbocycles. The molecule has 1 fully saturated rings. The highest BCUT2D eigenvalue weighted by atomic mass is 16.2. The second-order valence-corrected chi connectivity index (χ2v) is 9.65. The van der Waals surface area contributed by atoms with Crippen LogP contribution in [0.4, 0.5) is 5.69 Å². The minimum atomic E-state index is -0.442. The summed E-state index contributed by atoms with van der Waals surface area (Å²) in [6.07, 6.45) is 12.6. The number of pyridine rings is 3. The van der Waals surface area contributed by atoms with Crippen molar-refractivity contribution in [1.82, 2.24) is 14.5 Å². The van der Waals surface area contributed by atoms with E-state index in [1.54, 1.807) is 36.8 Å². The van der Waals surface area contributed by atoms with Crippen LogP contribution >= 0.6 is 0 Å². The number of hydrogen-bond donors (Lipinski definition) is 2. The summed E-state index contributed by atoms with van der Waals surface area (Å²) in [7, 11) is 0. The van der Waals surface area contributed by atoms with Crippen LogP contribution in [0, 0.1) is 12.8 Å². The van der Waals surface area contributed by atoms with Gasteiger partial charge in [-0.15, -0.1) is 0 Å². The molecule has 3 N–H and O–H groups in total. The molecule has 0 atom stereocenters. The van der Waals surface area contributed by atoms with Crippen molar-refractivity contribution in [3.63, 3.8) is 0 Å². The number of hydrogen-bond acceptors (Lipinski definition) is 5. The van der Waals surface area contributed by atoms with Gasteiger partial charge >= 0.3 is 0 Å². The number of nitrogens with one attached hydrogen (secondary N) is 1. The van der Waals surface area contributed by atoms with Gasteiger partial charge in [0.05, 0.1) is 11.3 Å². The molecule has 4 aromatic rings. The van der Waals surface area contributed by atoms with Crippen molar-refractivity contribution in [2.24, 2.45) is 11.7 Å². The lowest BCUT2D eigenvalue weighted by molar-refractivity contribution is 0.0997. The molecule has 1 aliphatic carbocycles. The molecule has 0 saturated heterocycles. The number of nitrogens with zero attached hydrogens (tertiary/aromatic N) is 3. The van der Waals surface area contributed by atoms with E-state index in [2.05, 4.69) is 19.9 Å². The van der Waals surface area contributed by atoms with E-state index in [-0.39, 0.29) is 16.9 Å². The van der Waals surface area contributed by atoms with E-state index < -0.39 is 5.91 Å². The van der Waals surface area contributed by atoms with Gasteiger partial charge < -0.3 is 15.6 Å². The van der Waals surface area contributed by atoms with Gasteiger partial charge in [-0.2, -0.15) is 0 Å². The van der Waals surface area contributed by atoms with E-state index >= 15 is 0 Å². The summed E-state index contributed by atoms with van der Waals surface area (Å²) < 4.78 is 2.16. The molecule has 0 radical (unpaired) electrons. The molecule has 0 spiro atoms. The fourth-order valence-electron chi connectivity index (χ4n) is 4.88. The maximum absolute atomic E-state index is 13.2. The Balaban J connectivity index is 0.000000333. The first-order valence-electron chi connectivity index (χ1n) is 13.1. The first kappa shape index (κ1) is 27.4. The van der Waals surface area contributed by atoms with Crippen LogP contribution in [0.25, 0.3) is 11.3 Å². The van der Waals surface area contributed by atoms with Crippen LogP contribution in [0.15, 0.2) is 90.2 Å². The summed E-state index contributed by atoms with van der Waals surface area (Å²) in [4.78, 5) is 44.5. The fourth-order valence-corrected chi connectivity index (χ4v) is 4.88. The van der Waals surface area contributed by atoms with Gasteiger partial charge in [0, 0.05) is 54.3 Å². The van der Waals surface area contributed by atoms with E-state index in [9.17, 15) is 14.4 Å². The molecule has 1 saturated carbocycles. The van der Waals surface area contributed by atoms with Gasteiger partial charge in [0.25, 0.3) is 5.91 Å². The maximum Gasteiger partial charge on any atom is 0.261 e. The molecule has 200 valence electrons. The number of benzene rings is 1. The monoisotopic (exact) mass is 523 g/mol. The average Bonchev–Trinajstić information content (AvgIpc) is 2.96. The molecule has 8 nitrogen and oxygen atoms in total. The predicted octanol–water partition coefficient (Wildman–Crippen LogP) is 5.23. The highest BCUT2D eigenvalue weighted by molar-refractivity contribution is 6.08. The number of nitrogens with two attached hydrogens (primary N) is 1. The number of carbonyl (C=O) groups excluding carboxylic acids is 2. The predicted molar refractivity (Wildman–Crippen MR) is 152 cm³/mol. The van der Waals surface area contributed by atoms with Crippen LogP contribution in [0.5, 0.6) is 0 Å². The van der Waals surface area contributed by atoms with E-state index in [1.807, 2.05) is 49.4 Å². The van der Waals surface area contributed by atoms with Gasteiger partial charge in [0.2, 0.25) is 5.91 Å². The van der Waals surface area contributed by atoms with E-state index in [0.717, 1.165) is 17.8 Å². The van der Waals surface area contributed by atoms with Crippen molar-refractivity contribution < 1.29 is 9.59 Å². The third kappa shape index (κ3) is 7.25. The van der Waals surface area contributed by atoms with Gasteiger partial charge in [-0.25, -0.2) is 0 Å². The molecule has 0 unspecified atom stereocenters. The smallest absolute Gasteiger partial charge is 0.261 e. The standard InChI is InChI=1S/C25H27N3O2.C6H6N2O/c1-18-16-22(29)23(25(30)27-21-10-6-3-7-11-21)24(20-12-14-26-15-13-20)28(18)17-19-8-4-2-5-9-19;7-6(9)5-2-1-3-8-4-5/h3,6-7,10-16,19H,2,4-5,8-9,17H2,1H3,(H,27,30);1-4H,(H2,7,9). The van der Waals surface area contributed by atoms with Crippen LogP contribution in [0.2, 0.25) is 0 Å². The highest BCUT2D eigenvalue weighted by Crippen LogP contribution is 2.30. The topological polar surface area (TPSA) is 120 Å². The zero-order valence-electron chi connectivity index (χ0n) is 22.0. The number of para-hydroxylation sites is 1. The SMILES string of the molecule is Cc1cc(=O)c(C(=O)Nc2ccccc2)c(-c2ccncc2)n1CC1CCCCC1.NC(=O)c1cccnc1. The Labute approximate surface area is 227 Å². The molecule has 2 amide bonds. The number of primary amides is 1. The Morgan fingerprint density at radius 1 is 0.949 bits per heavy atom. The summed E-state index contributed by atoms with van der Waals surface area (Å²) in [5.41, 5.74) is 8.37. The maximum atomic E-state index is 13.2. The van der Waals surface area contributed by atoms with Crippen molar-refractivity contribution in [1.29, 1.82) is 0 Å². The number of anilines is 1. The Bertz CT molecular complexity index is 1450. The number of rotatable bonds is 6. The van der Waals surface area contributed by atoms with Crippen LogP contribution in [-0.4, -0.2) is 26.3 Å². The van der Waals surface area contributed by atoms with Crippen molar-refractivity contribution in [3.05, 3.63) is 112 Å². The van der Waals surface area contributed by atoms with Crippen LogP contribution in [0.1, 0.15) is 58.5 Å². The zero-order valence-corrected chi connectivity index (χ0v) is 22.0. The third-order valence-corrected chi connectivity index (χ3v) is 6.84. The molecule has 3 aromatic heterocycles. The van der Waals surface area contributed by atoms with E-state index in [1.165, 1.54) is 38.3 Å². The lowest BCUT2D eigenvalue weighted by atomic mass is 9.88. The van der Waals surface area contributed by atoms with Crippen molar-refractivity contribution in [3.8, 4) is 11.3 Å². The fraction of sp³-hybridized carbons (Fsp3) is 0.258. The molecular weight excluding hydrogens is 490 g/mol. The molecule has 5 rings (SSSR count). The molecule has 3 heterocycles. The average molecular weight is 524 g/mol. The quantitative estimate of drug-likeness (QED) is 0.358. The summed E-state index contributed by atoms with van der Waals surface area (Å²) in [6, 6.07) is 17.9. The van der Waals surface area contributed by atoms with Gasteiger partial charge in [-0.1, -0.05) is 37.5 Å². The zero-order chi connectivity index (χ0) is 27.6. The number of carbonyl (C=O) groups is 2. The second kappa shape index (κ2) is 13.3. The van der Waals surface area contributed by atoms with Gasteiger partial charge in [0.1, 0.15) is 5.56 Å². The normalized spacial score (nSPS) is 13.2. The van der Waals surface area contributed by atoms with Crippen LogP contribution < -0.4 is 16.5 Å². The van der Waals surface area contributed by atoms with Crippen molar-refractivity contribution in [2.75, 3.05) is 5.32 Å². The minimum absolute atomic E-state index is 0.187. The van der Waals surface area contributed by atoms with Crippen molar-refractivity contribution >= 4 is 17.5 Å². The summed E-state index contributed by atoms with van der Waals surface area (Å²) >= 11 is 0. The summed E-state index contributed by atoms with van der Waals surface area (Å²) in [5, 5.41) is 2.89. The molecule has 0 aliphatic heterocycles. The lowest BCUT2D eigenvalue weighted by Gasteiger charge is -2.27. The lowest BCUT2D eigenvalue weighted by Crippen LogP contribution is -2.28. The highest BCUT2D eigenvalue weighted by Gasteiger charge is 2.24.